The lowest BCUT2D eigenvalue weighted by atomic mass is 9.95. The molecule has 0 bridgehead atoms. The fourth-order valence-corrected chi connectivity index (χ4v) is 3.27. The molecule has 0 fully saturated rings. The number of nitriles is 1. The van der Waals surface area contributed by atoms with Crippen LogP contribution in [0.1, 0.15) is 35.8 Å². The highest BCUT2D eigenvalue weighted by atomic mass is 32.2. The van der Waals surface area contributed by atoms with Gasteiger partial charge in [-0.25, -0.2) is 21.9 Å². The summed E-state index contributed by atoms with van der Waals surface area (Å²) in [6, 6.07) is 2.80. The molecule has 0 radical (unpaired) electrons. The minimum Gasteiger partial charge on any atom is -0.431 e. The molecule has 1 amide bonds. The second kappa shape index (κ2) is 11.0. The minimum absolute atomic E-state index is 0.0717. The van der Waals surface area contributed by atoms with Crippen molar-refractivity contribution in [2.75, 3.05) is 10.5 Å². The van der Waals surface area contributed by atoms with E-state index in [9.17, 15) is 32.2 Å². The first kappa shape index (κ1) is 25.2. The monoisotopic (exact) mass is 472 g/mol. The number of nitrogens with zero attached hydrogens (tertiary/aromatic N) is 2. The Morgan fingerprint density at radius 2 is 1.94 bits per heavy atom. The molecule has 0 saturated heterocycles. The molecule has 174 valence electrons. The van der Waals surface area contributed by atoms with Gasteiger partial charge in [-0.15, -0.1) is 0 Å². The van der Waals surface area contributed by atoms with E-state index in [1.54, 1.807) is 0 Å². The van der Waals surface area contributed by atoms with Gasteiger partial charge in [0.25, 0.3) is 5.91 Å². The van der Waals surface area contributed by atoms with Gasteiger partial charge < -0.3 is 19.9 Å². The van der Waals surface area contributed by atoms with Crippen LogP contribution in [0.4, 0.5) is 14.8 Å². The van der Waals surface area contributed by atoms with E-state index in [4.69, 9.17) is 9.68 Å². The van der Waals surface area contributed by atoms with Crippen molar-refractivity contribution >= 4 is 21.9 Å². The van der Waals surface area contributed by atoms with Gasteiger partial charge in [0.05, 0.1) is 24.0 Å². The Bertz CT molecular complexity index is 1070. The molecule has 1 aromatic carbocycles. The van der Waals surface area contributed by atoms with Gasteiger partial charge in [0.2, 0.25) is 10.0 Å². The molecule has 1 heterocycles. The van der Waals surface area contributed by atoms with Crippen LogP contribution in [0.2, 0.25) is 0 Å². The Morgan fingerprint density at radius 3 is 2.53 bits per heavy atom. The van der Waals surface area contributed by atoms with E-state index in [-0.39, 0.29) is 36.3 Å². The number of amides is 1. The average molecular weight is 472 g/mol. The van der Waals surface area contributed by atoms with Gasteiger partial charge in [-0.1, -0.05) is 0 Å². The number of sulfonamides is 1. The number of aliphatic hydroxyl groups is 2. The quantitative estimate of drug-likeness (QED) is 0.377. The molecule has 0 aliphatic carbocycles. The van der Waals surface area contributed by atoms with E-state index < -0.39 is 51.8 Å². The van der Waals surface area contributed by atoms with Crippen molar-refractivity contribution in [3.8, 4) is 6.07 Å². The van der Waals surface area contributed by atoms with E-state index >= 15 is 0 Å². The third-order valence-corrected chi connectivity index (χ3v) is 5.66. The van der Waals surface area contributed by atoms with Crippen LogP contribution >= 0.6 is 0 Å². The number of oxazole rings is 1. The highest BCUT2D eigenvalue weighted by Gasteiger charge is 2.29. The van der Waals surface area contributed by atoms with E-state index in [1.165, 1.54) is 6.92 Å². The van der Waals surface area contributed by atoms with Crippen LogP contribution in [0.5, 0.6) is 0 Å². The zero-order valence-corrected chi connectivity index (χ0v) is 17.8. The van der Waals surface area contributed by atoms with E-state index in [2.05, 4.69) is 10.3 Å². The van der Waals surface area contributed by atoms with Crippen LogP contribution < -0.4 is 10.0 Å². The summed E-state index contributed by atoms with van der Waals surface area (Å²) in [6.07, 6.45) is -2.57. The van der Waals surface area contributed by atoms with E-state index in [1.807, 2.05) is 10.8 Å². The summed E-state index contributed by atoms with van der Waals surface area (Å²) in [6.45, 7) is 1.39. The van der Waals surface area contributed by atoms with Crippen molar-refractivity contribution in [1.29, 1.82) is 5.26 Å². The lowest BCUT2D eigenvalue weighted by Gasteiger charge is -2.27. The number of nitrogens with one attached hydrogen (secondary N) is 2. The molecule has 4 N–H and O–H groups in total. The minimum atomic E-state index is -3.70. The maximum absolute atomic E-state index is 13.5. The first-order valence-corrected chi connectivity index (χ1v) is 11.1. The largest absolute Gasteiger partial charge is 0.431 e. The number of hydrogen-bond acceptors (Lipinski definition) is 8. The third kappa shape index (κ3) is 7.26. The van der Waals surface area contributed by atoms with E-state index in [0.29, 0.717) is 6.07 Å². The smallest absolute Gasteiger partial charge is 0.309 e. The number of halogens is 2. The normalized spacial score (nSPS) is 14.2. The van der Waals surface area contributed by atoms with Gasteiger partial charge in [-0.05, 0) is 37.5 Å². The van der Waals surface area contributed by atoms with Crippen LogP contribution in [-0.4, -0.2) is 53.5 Å². The van der Waals surface area contributed by atoms with Crippen molar-refractivity contribution < 1.29 is 36.6 Å². The highest BCUT2D eigenvalue weighted by molar-refractivity contribution is 7.92. The first-order chi connectivity index (χ1) is 15.0. The highest BCUT2D eigenvalue weighted by Crippen LogP contribution is 2.16. The topological polar surface area (TPSA) is 166 Å². The van der Waals surface area contributed by atoms with Crippen molar-refractivity contribution in [2.24, 2.45) is 0 Å². The Hall–Kier alpha value is -3.08. The second-order valence-corrected chi connectivity index (χ2v) is 8.87. The molecule has 0 spiro atoms. The number of aliphatic hydroxyl groups excluding tert-OH is 2. The predicted octanol–water partition coefficient (Wildman–Crippen LogP) is 1.08. The SMILES string of the molecule is CCS(=O)(=O)Nc1nc(C(=O)NC(Cc2cc(F)cc(F)c2)C(O)C(O)CCC#N)co1. The summed E-state index contributed by atoms with van der Waals surface area (Å²) in [5.74, 6) is -2.89. The third-order valence-electron chi connectivity index (χ3n) is 4.41. The number of rotatable bonds is 11. The Morgan fingerprint density at radius 1 is 1.28 bits per heavy atom. The summed E-state index contributed by atoms with van der Waals surface area (Å²) in [4.78, 5) is 16.3. The first-order valence-electron chi connectivity index (χ1n) is 9.49. The maximum Gasteiger partial charge on any atom is 0.309 e. The molecule has 2 rings (SSSR count). The van der Waals surface area contributed by atoms with Crippen molar-refractivity contribution in [3.63, 3.8) is 0 Å². The summed E-state index contributed by atoms with van der Waals surface area (Å²) in [5.41, 5.74) is -0.246. The molecule has 10 nitrogen and oxygen atoms in total. The fourth-order valence-electron chi connectivity index (χ4n) is 2.76. The Balaban J connectivity index is 2.22. The van der Waals surface area contributed by atoms with Gasteiger partial charge in [0, 0.05) is 12.5 Å². The number of hydrogen-bond donors (Lipinski definition) is 4. The van der Waals surface area contributed by atoms with Crippen LogP contribution in [0.3, 0.4) is 0 Å². The van der Waals surface area contributed by atoms with Gasteiger partial charge in [-0.2, -0.15) is 10.2 Å². The maximum atomic E-state index is 13.5. The lowest BCUT2D eigenvalue weighted by molar-refractivity contribution is -0.00648. The number of benzene rings is 1. The molecular formula is C19H22F2N4O6S. The molecule has 2 aromatic rings. The Labute approximate surface area is 182 Å². The summed E-state index contributed by atoms with van der Waals surface area (Å²) >= 11 is 0. The van der Waals surface area contributed by atoms with Crippen LogP contribution in [-0.2, 0) is 16.4 Å². The average Bonchev–Trinajstić information content (AvgIpc) is 3.18. The molecule has 0 aliphatic heterocycles. The summed E-state index contributed by atoms with van der Waals surface area (Å²) in [5, 5.41) is 31.7. The standard InChI is InChI=1S/C19H22F2N4O6S/c1-2-32(29,30)25-19-24-15(10-31-19)18(28)23-14(17(27)16(26)4-3-5-22)8-11-6-12(20)9-13(21)7-11/h6-7,9-10,14,16-17,26-27H,2-4,8H2,1H3,(H,23,28)(H,24,25). The zero-order valence-electron chi connectivity index (χ0n) is 17.0. The van der Waals surface area contributed by atoms with Gasteiger partial charge in [-0.3, -0.25) is 4.79 Å². The van der Waals surface area contributed by atoms with Crippen LogP contribution in [0.25, 0.3) is 0 Å². The zero-order chi connectivity index (χ0) is 23.9. The molecule has 0 aliphatic rings. The van der Waals surface area contributed by atoms with Crippen molar-refractivity contribution in [3.05, 3.63) is 47.4 Å². The number of carbonyl (C=O) groups excluding carboxylic acids is 1. The summed E-state index contributed by atoms with van der Waals surface area (Å²) < 4.78 is 57.2. The lowest BCUT2D eigenvalue weighted by Crippen LogP contribution is -2.50. The van der Waals surface area contributed by atoms with E-state index in [0.717, 1.165) is 18.4 Å². The molecule has 0 saturated carbocycles. The number of carbonyl (C=O) groups is 1. The molecular weight excluding hydrogens is 450 g/mol. The molecule has 3 atom stereocenters. The molecule has 1 aromatic heterocycles. The van der Waals surface area contributed by atoms with Gasteiger partial charge in [0.1, 0.15) is 24.0 Å². The fraction of sp³-hybridized carbons (Fsp3) is 0.421. The summed E-state index contributed by atoms with van der Waals surface area (Å²) in [7, 11) is -3.70. The molecule has 3 unspecified atom stereocenters. The molecule has 13 heteroatoms. The van der Waals surface area contributed by atoms with Crippen molar-refractivity contribution in [2.45, 2.75) is 44.4 Å². The Kier molecular flexibility index (Phi) is 8.64. The second-order valence-electron chi connectivity index (χ2n) is 6.86. The van der Waals surface area contributed by atoms with Crippen LogP contribution in [0, 0.1) is 23.0 Å². The molecule has 32 heavy (non-hydrogen) atoms. The number of anilines is 1. The van der Waals surface area contributed by atoms with Gasteiger partial charge >= 0.3 is 6.01 Å². The van der Waals surface area contributed by atoms with Gasteiger partial charge in [0.15, 0.2) is 5.69 Å². The van der Waals surface area contributed by atoms with Crippen LogP contribution in [0.15, 0.2) is 28.9 Å². The number of aromatic nitrogens is 1. The van der Waals surface area contributed by atoms with Crippen molar-refractivity contribution in [1.82, 2.24) is 10.3 Å². The predicted molar refractivity (Wildman–Crippen MR) is 108 cm³/mol.